The minimum atomic E-state index is -1.60. The number of ether oxygens (including phenoxy) is 4. The number of aliphatic hydroxyl groups excluding tert-OH is 4. The van der Waals surface area contributed by atoms with E-state index in [1.807, 2.05) is 0 Å². The van der Waals surface area contributed by atoms with Crippen LogP contribution in [0.1, 0.15) is 194 Å². The zero-order valence-electron chi connectivity index (χ0n) is 34.9. The molecule has 0 saturated carbocycles. The highest BCUT2D eigenvalue weighted by molar-refractivity contribution is 5.70. The van der Waals surface area contributed by atoms with E-state index in [1.165, 1.54) is 109 Å². The first-order chi connectivity index (χ1) is 26.8. The van der Waals surface area contributed by atoms with Crippen LogP contribution in [0, 0.1) is 0 Å². The van der Waals surface area contributed by atoms with Gasteiger partial charge in [-0.1, -0.05) is 147 Å². The molecule has 4 N–H and O–H groups in total. The lowest BCUT2D eigenvalue weighted by Gasteiger charge is -2.39. The topological polar surface area (TPSA) is 152 Å². The summed E-state index contributed by atoms with van der Waals surface area (Å²) >= 11 is 0. The molecule has 1 aliphatic rings. The highest BCUT2D eigenvalue weighted by Gasteiger charge is 2.44. The van der Waals surface area contributed by atoms with Crippen molar-refractivity contribution in [1.29, 1.82) is 0 Å². The van der Waals surface area contributed by atoms with Gasteiger partial charge in [-0.2, -0.15) is 0 Å². The van der Waals surface area contributed by atoms with E-state index in [2.05, 4.69) is 38.2 Å². The molecule has 0 spiro atoms. The van der Waals surface area contributed by atoms with Crippen molar-refractivity contribution in [2.75, 3.05) is 19.8 Å². The normalized spacial score (nSPS) is 20.7. The van der Waals surface area contributed by atoms with E-state index < -0.39 is 49.4 Å². The van der Waals surface area contributed by atoms with Crippen molar-refractivity contribution in [3.05, 3.63) is 24.3 Å². The molecule has 1 saturated heterocycles. The fourth-order valence-electron chi connectivity index (χ4n) is 6.69. The molecule has 0 bridgehead atoms. The van der Waals surface area contributed by atoms with Gasteiger partial charge in [-0.15, -0.1) is 0 Å². The SMILES string of the molecule is CCCC/C=C/CCCCCCCCCCCC(=O)OC[C@@H](CO[C@H]1O[C@@H](CO)[C@@H](O)C(O)C1O)OC(=O)CCCCC/C=C/CCCCCCCCCC. The van der Waals surface area contributed by atoms with Crippen LogP contribution in [0.15, 0.2) is 24.3 Å². The zero-order chi connectivity index (χ0) is 40.2. The Balaban J connectivity index is 2.34. The average Bonchev–Trinajstić information content (AvgIpc) is 3.18. The molecule has 322 valence electrons. The van der Waals surface area contributed by atoms with Gasteiger partial charge in [0.2, 0.25) is 0 Å². The van der Waals surface area contributed by atoms with Crippen molar-refractivity contribution in [2.45, 2.75) is 230 Å². The largest absolute Gasteiger partial charge is 0.462 e. The highest BCUT2D eigenvalue weighted by atomic mass is 16.7. The first-order valence-corrected chi connectivity index (χ1v) is 22.4. The van der Waals surface area contributed by atoms with Crippen molar-refractivity contribution in [1.82, 2.24) is 0 Å². The standard InChI is InChI=1S/C45H82O10/c1-3-5-7-9-11-13-15-17-19-21-23-25-27-29-31-33-40(47)52-36-38(37-53-45-44(51)43(50)42(49)39(35-46)55-45)54-41(48)34-32-30-28-26-24-22-20-18-16-14-12-10-8-6-4-2/h9,11,22,24,38-39,42-46,49-51H,3-8,10,12-21,23,25-37H2,1-2H3/b11-9+,24-22+/t38-,39-,42+,43?,44?,45-/m0/s1. The molecule has 0 aromatic carbocycles. The van der Waals surface area contributed by atoms with Gasteiger partial charge in [0, 0.05) is 12.8 Å². The first-order valence-electron chi connectivity index (χ1n) is 22.4. The van der Waals surface area contributed by atoms with Gasteiger partial charge < -0.3 is 39.4 Å². The number of rotatable bonds is 37. The second-order valence-electron chi connectivity index (χ2n) is 15.5. The number of carbonyl (C=O) groups is 2. The number of hydrogen-bond acceptors (Lipinski definition) is 10. The summed E-state index contributed by atoms with van der Waals surface area (Å²) in [5.41, 5.74) is 0. The molecule has 1 fully saturated rings. The molecule has 1 heterocycles. The molecular formula is C45H82O10. The molecule has 0 aromatic heterocycles. The molecule has 0 radical (unpaired) electrons. The third-order valence-electron chi connectivity index (χ3n) is 10.3. The molecule has 0 aliphatic carbocycles. The van der Waals surface area contributed by atoms with Gasteiger partial charge in [0.15, 0.2) is 12.4 Å². The molecule has 10 nitrogen and oxygen atoms in total. The van der Waals surface area contributed by atoms with Crippen molar-refractivity contribution >= 4 is 11.9 Å². The van der Waals surface area contributed by atoms with Crippen molar-refractivity contribution in [3.8, 4) is 0 Å². The number of unbranched alkanes of at least 4 members (excludes halogenated alkanes) is 22. The molecule has 6 atom stereocenters. The summed E-state index contributed by atoms with van der Waals surface area (Å²) in [5.74, 6) is -0.823. The molecule has 1 aliphatic heterocycles. The second-order valence-corrected chi connectivity index (χ2v) is 15.5. The summed E-state index contributed by atoms with van der Waals surface area (Å²) < 4.78 is 22.1. The van der Waals surface area contributed by atoms with Crippen LogP contribution in [-0.4, -0.2) is 89.0 Å². The highest BCUT2D eigenvalue weighted by Crippen LogP contribution is 2.22. The van der Waals surface area contributed by atoms with E-state index in [0.717, 1.165) is 51.4 Å². The van der Waals surface area contributed by atoms with Crippen LogP contribution in [0.25, 0.3) is 0 Å². The fraction of sp³-hybridized carbons (Fsp3) is 0.867. The van der Waals surface area contributed by atoms with Gasteiger partial charge in [0.05, 0.1) is 13.2 Å². The third-order valence-corrected chi connectivity index (χ3v) is 10.3. The lowest BCUT2D eigenvalue weighted by Crippen LogP contribution is -2.59. The van der Waals surface area contributed by atoms with Crippen LogP contribution in [0.4, 0.5) is 0 Å². The Bertz CT molecular complexity index is 954. The number of aliphatic hydroxyl groups is 4. The Morgan fingerprint density at radius 3 is 1.49 bits per heavy atom. The van der Waals surface area contributed by atoms with Crippen LogP contribution in [0.3, 0.4) is 0 Å². The molecule has 2 unspecified atom stereocenters. The number of hydrogen-bond donors (Lipinski definition) is 4. The van der Waals surface area contributed by atoms with Crippen molar-refractivity contribution in [3.63, 3.8) is 0 Å². The Morgan fingerprint density at radius 2 is 0.982 bits per heavy atom. The van der Waals surface area contributed by atoms with Crippen molar-refractivity contribution < 1.29 is 49.0 Å². The third kappa shape index (κ3) is 28.3. The second kappa shape index (κ2) is 36.5. The molecular weight excluding hydrogens is 700 g/mol. The summed E-state index contributed by atoms with van der Waals surface area (Å²) in [6.07, 6.45) is 31.8. The van der Waals surface area contributed by atoms with Gasteiger partial charge in [0.25, 0.3) is 0 Å². The predicted molar refractivity (Wildman–Crippen MR) is 219 cm³/mol. The monoisotopic (exact) mass is 783 g/mol. The van der Waals surface area contributed by atoms with E-state index >= 15 is 0 Å². The van der Waals surface area contributed by atoms with Crippen molar-refractivity contribution in [2.24, 2.45) is 0 Å². The number of carbonyl (C=O) groups excluding carboxylic acids is 2. The lowest BCUT2D eigenvalue weighted by atomic mass is 9.99. The average molecular weight is 783 g/mol. The van der Waals surface area contributed by atoms with E-state index in [4.69, 9.17) is 18.9 Å². The summed E-state index contributed by atoms with van der Waals surface area (Å²) in [6.45, 7) is 3.38. The lowest BCUT2D eigenvalue weighted by molar-refractivity contribution is -0.305. The maximum atomic E-state index is 12.7. The minimum Gasteiger partial charge on any atom is -0.462 e. The van der Waals surface area contributed by atoms with E-state index in [1.54, 1.807) is 0 Å². The fourth-order valence-corrected chi connectivity index (χ4v) is 6.69. The minimum absolute atomic E-state index is 0.211. The maximum Gasteiger partial charge on any atom is 0.306 e. The Hall–Kier alpha value is -1.82. The van der Waals surface area contributed by atoms with E-state index in [9.17, 15) is 30.0 Å². The van der Waals surface area contributed by atoms with Crippen LogP contribution in [-0.2, 0) is 28.5 Å². The first kappa shape index (κ1) is 51.2. The quantitative estimate of drug-likeness (QED) is 0.0273. The smallest absolute Gasteiger partial charge is 0.306 e. The Morgan fingerprint density at radius 1 is 0.545 bits per heavy atom. The van der Waals surface area contributed by atoms with Gasteiger partial charge in [0.1, 0.15) is 31.0 Å². The van der Waals surface area contributed by atoms with Crippen LogP contribution >= 0.6 is 0 Å². The number of esters is 2. The van der Waals surface area contributed by atoms with Crippen LogP contribution < -0.4 is 0 Å². The Labute approximate surface area is 334 Å². The van der Waals surface area contributed by atoms with Crippen LogP contribution in [0.5, 0.6) is 0 Å². The summed E-state index contributed by atoms with van der Waals surface area (Å²) in [5, 5.41) is 40.0. The van der Waals surface area contributed by atoms with Gasteiger partial charge in [-0.05, 0) is 57.8 Å². The summed E-state index contributed by atoms with van der Waals surface area (Å²) in [4.78, 5) is 25.3. The van der Waals surface area contributed by atoms with E-state index in [-0.39, 0.29) is 32.0 Å². The molecule has 0 aromatic rings. The molecule has 10 heteroatoms. The predicted octanol–water partition coefficient (Wildman–Crippen LogP) is 9.33. The summed E-state index contributed by atoms with van der Waals surface area (Å²) in [7, 11) is 0. The van der Waals surface area contributed by atoms with E-state index in [0.29, 0.717) is 6.42 Å². The van der Waals surface area contributed by atoms with Gasteiger partial charge >= 0.3 is 11.9 Å². The molecule has 0 amide bonds. The zero-order valence-corrected chi connectivity index (χ0v) is 34.9. The van der Waals surface area contributed by atoms with Gasteiger partial charge in [-0.25, -0.2) is 0 Å². The summed E-state index contributed by atoms with van der Waals surface area (Å²) in [6, 6.07) is 0. The molecule has 1 rings (SSSR count). The number of allylic oxidation sites excluding steroid dienone is 4. The van der Waals surface area contributed by atoms with Crippen LogP contribution in [0.2, 0.25) is 0 Å². The maximum absolute atomic E-state index is 12.7. The van der Waals surface area contributed by atoms with Gasteiger partial charge in [-0.3, -0.25) is 9.59 Å². The molecule has 55 heavy (non-hydrogen) atoms. The Kier molecular flexibility index (Phi) is 34.0.